The molecule has 0 amide bonds. The maximum absolute atomic E-state index is 6.13. The van der Waals surface area contributed by atoms with Crippen LogP contribution in [0.25, 0.3) is 11.3 Å². The predicted octanol–water partition coefficient (Wildman–Crippen LogP) is 7.56. The van der Waals surface area contributed by atoms with Gasteiger partial charge < -0.3 is 14.2 Å². The monoisotopic (exact) mass is 453 g/mol. The molecule has 0 spiro atoms. The Morgan fingerprint density at radius 1 is 0.735 bits per heavy atom. The molecular weight excluding hydrogens is 422 g/mol. The van der Waals surface area contributed by atoms with Gasteiger partial charge in [-0.3, -0.25) is 4.98 Å². The van der Waals surface area contributed by atoms with Gasteiger partial charge in [0, 0.05) is 23.4 Å². The molecule has 174 valence electrons. The molecule has 3 aromatic carbocycles. The zero-order valence-electron chi connectivity index (χ0n) is 20.3. The second-order valence-electron chi connectivity index (χ2n) is 8.11. The van der Waals surface area contributed by atoms with Crippen LogP contribution in [0.1, 0.15) is 36.2 Å². The van der Waals surface area contributed by atoms with Crippen molar-refractivity contribution in [2.24, 2.45) is 0 Å². The fourth-order valence-electron chi connectivity index (χ4n) is 4.13. The van der Waals surface area contributed by atoms with Crippen molar-refractivity contribution in [3.63, 3.8) is 0 Å². The molecule has 4 aromatic rings. The Kier molecular flexibility index (Phi) is 7.48. The molecule has 1 heterocycles. The van der Waals surface area contributed by atoms with Gasteiger partial charge in [0.15, 0.2) is 0 Å². The number of aromatic nitrogens is 1. The summed E-state index contributed by atoms with van der Waals surface area (Å²) >= 11 is 0. The molecule has 0 aliphatic carbocycles. The van der Waals surface area contributed by atoms with Gasteiger partial charge in [0.05, 0.1) is 18.4 Å². The lowest BCUT2D eigenvalue weighted by Crippen LogP contribution is -2.05. The Balaban J connectivity index is 1.58. The Hall–Kier alpha value is -3.79. The van der Waals surface area contributed by atoms with E-state index in [1.165, 1.54) is 16.7 Å². The molecule has 0 bridgehead atoms. The Morgan fingerprint density at radius 3 is 2.06 bits per heavy atom. The van der Waals surface area contributed by atoms with Crippen molar-refractivity contribution in [3.05, 3.63) is 101 Å². The van der Waals surface area contributed by atoms with Gasteiger partial charge in [-0.25, -0.2) is 0 Å². The topological polar surface area (TPSA) is 40.6 Å². The fourth-order valence-corrected chi connectivity index (χ4v) is 4.13. The highest BCUT2D eigenvalue weighted by Crippen LogP contribution is 2.33. The van der Waals surface area contributed by atoms with Gasteiger partial charge in [-0.1, -0.05) is 56.3 Å². The molecule has 34 heavy (non-hydrogen) atoms. The smallest absolute Gasteiger partial charge is 0.131 e. The first kappa shape index (κ1) is 23.4. The summed E-state index contributed by atoms with van der Waals surface area (Å²) < 4.78 is 17.8. The van der Waals surface area contributed by atoms with E-state index in [-0.39, 0.29) is 0 Å². The third-order valence-corrected chi connectivity index (χ3v) is 5.93. The van der Waals surface area contributed by atoms with Gasteiger partial charge in [0.2, 0.25) is 0 Å². The first-order valence-electron chi connectivity index (χ1n) is 11.7. The summed E-state index contributed by atoms with van der Waals surface area (Å²) in [5.41, 5.74) is 6.60. The highest BCUT2D eigenvalue weighted by molar-refractivity contribution is 5.70. The van der Waals surface area contributed by atoms with E-state index in [0.717, 1.165) is 52.8 Å². The van der Waals surface area contributed by atoms with E-state index >= 15 is 0 Å². The predicted molar refractivity (Wildman–Crippen MR) is 137 cm³/mol. The maximum Gasteiger partial charge on any atom is 0.131 e. The van der Waals surface area contributed by atoms with E-state index in [4.69, 9.17) is 19.2 Å². The third-order valence-electron chi connectivity index (χ3n) is 5.93. The minimum Gasteiger partial charge on any atom is -0.496 e. The van der Waals surface area contributed by atoms with Crippen molar-refractivity contribution in [1.29, 1.82) is 0 Å². The van der Waals surface area contributed by atoms with Crippen LogP contribution in [0.3, 0.4) is 0 Å². The number of nitrogens with zero attached hydrogens (tertiary/aromatic N) is 1. The normalized spacial score (nSPS) is 10.7. The molecule has 0 fully saturated rings. The Labute approximate surface area is 202 Å². The van der Waals surface area contributed by atoms with Gasteiger partial charge in [0.25, 0.3) is 0 Å². The van der Waals surface area contributed by atoms with E-state index in [0.29, 0.717) is 6.61 Å². The molecule has 4 nitrogen and oxygen atoms in total. The summed E-state index contributed by atoms with van der Waals surface area (Å²) in [6.45, 7) is 6.73. The summed E-state index contributed by atoms with van der Waals surface area (Å²) in [6.07, 6.45) is 1.91. The second-order valence-corrected chi connectivity index (χ2v) is 8.11. The van der Waals surface area contributed by atoms with Crippen LogP contribution in [0.4, 0.5) is 0 Å². The van der Waals surface area contributed by atoms with Crippen molar-refractivity contribution in [3.8, 4) is 34.3 Å². The SMILES string of the molecule is CCc1cccc(CC)c1-c1cc(OC)c(COc2cccc(Oc3ccccc3)c2)c(C)n1. The van der Waals surface area contributed by atoms with Crippen LogP contribution >= 0.6 is 0 Å². The lowest BCUT2D eigenvalue weighted by molar-refractivity contribution is 0.294. The second kappa shape index (κ2) is 10.9. The Bertz CT molecular complexity index is 1230. The number of methoxy groups -OCH3 is 1. The number of para-hydroxylation sites is 1. The van der Waals surface area contributed by atoms with Crippen molar-refractivity contribution in [2.45, 2.75) is 40.2 Å². The molecule has 0 saturated heterocycles. The van der Waals surface area contributed by atoms with Crippen LogP contribution in [-0.4, -0.2) is 12.1 Å². The van der Waals surface area contributed by atoms with Crippen LogP contribution in [0.15, 0.2) is 78.9 Å². The van der Waals surface area contributed by atoms with Crippen LogP contribution < -0.4 is 14.2 Å². The van der Waals surface area contributed by atoms with E-state index in [2.05, 4.69) is 32.0 Å². The molecule has 4 heteroatoms. The highest BCUT2D eigenvalue weighted by Gasteiger charge is 2.16. The number of aryl methyl sites for hydroxylation is 3. The van der Waals surface area contributed by atoms with E-state index < -0.39 is 0 Å². The van der Waals surface area contributed by atoms with Gasteiger partial charge in [-0.15, -0.1) is 0 Å². The first-order chi connectivity index (χ1) is 16.6. The largest absolute Gasteiger partial charge is 0.496 e. The fraction of sp³-hybridized carbons (Fsp3) is 0.233. The Morgan fingerprint density at radius 2 is 1.38 bits per heavy atom. The molecule has 0 unspecified atom stereocenters. The number of ether oxygens (including phenoxy) is 3. The number of hydrogen-bond donors (Lipinski definition) is 0. The molecular formula is C30H31NO3. The van der Waals surface area contributed by atoms with Crippen LogP contribution in [0.5, 0.6) is 23.0 Å². The summed E-state index contributed by atoms with van der Waals surface area (Å²) in [4.78, 5) is 4.97. The number of benzene rings is 3. The summed E-state index contributed by atoms with van der Waals surface area (Å²) in [5.74, 6) is 3.02. The third kappa shape index (κ3) is 5.23. The van der Waals surface area contributed by atoms with Gasteiger partial charge >= 0.3 is 0 Å². The molecule has 0 radical (unpaired) electrons. The summed E-state index contributed by atoms with van der Waals surface area (Å²) in [6, 6.07) is 25.9. The molecule has 1 aromatic heterocycles. The average Bonchev–Trinajstić information content (AvgIpc) is 2.87. The van der Waals surface area contributed by atoms with Gasteiger partial charge in [0.1, 0.15) is 29.6 Å². The van der Waals surface area contributed by atoms with Crippen molar-refractivity contribution in [2.75, 3.05) is 7.11 Å². The van der Waals surface area contributed by atoms with Crippen molar-refractivity contribution >= 4 is 0 Å². The zero-order chi connectivity index (χ0) is 23.9. The minimum atomic E-state index is 0.354. The van der Waals surface area contributed by atoms with Crippen LogP contribution in [-0.2, 0) is 19.4 Å². The van der Waals surface area contributed by atoms with Crippen LogP contribution in [0, 0.1) is 6.92 Å². The highest BCUT2D eigenvalue weighted by atomic mass is 16.5. The summed E-state index contributed by atoms with van der Waals surface area (Å²) in [5, 5.41) is 0. The quantitative estimate of drug-likeness (QED) is 0.262. The van der Waals surface area contributed by atoms with E-state index in [9.17, 15) is 0 Å². The lowest BCUT2D eigenvalue weighted by atomic mass is 9.94. The van der Waals surface area contributed by atoms with E-state index in [1.54, 1.807) is 7.11 Å². The number of pyridine rings is 1. The molecule has 0 atom stereocenters. The average molecular weight is 454 g/mol. The molecule has 4 rings (SSSR count). The molecule has 0 aliphatic rings. The number of hydrogen-bond acceptors (Lipinski definition) is 4. The van der Waals surface area contributed by atoms with Gasteiger partial charge in [-0.2, -0.15) is 0 Å². The van der Waals surface area contributed by atoms with Gasteiger partial charge in [-0.05, 0) is 55.2 Å². The molecule has 0 saturated carbocycles. The first-order valence-corrected chi connectivity index (χ1v) is 11.7. The molecule has 0 aliphatic heterocycles. The number of rotatable bonds is 9. The van der Waals surface area contributed by atoms with E-state index in [1.807, 2.05) is 67.6 Å². The maximum atomic E-state index is 6.13. The van der Waals surface area contributed by atoms with Crippen molar-refractivity contribution < 1.29 is 14.2 Å². The van der Waals surface area contributed by atoms with Crippen molar-refractivity contribution in [1.82, 2.24) is 4.98 Å². The molecule has 0 N–H and O–H groups in total. The summed E-state index contributed by atoms with van der Waals surface area (Å²) in [7, 11) is 1.70. The lowest BCUT2D eigenvalue weighted by Gasteiger charge is -2.18. The zero-order valence-corrected chi connectivity index (χ0v) is 20.3. The minimum absolute atomic E-state index is 0.354. The van der Waals surface area contributed by atoms with Crippen LogP contribution in [0.2, 0.25) is 0 Å². The standard InChI is InChI=1S/C30H31NO3/c1-5-22-12-10-13-23(6-2)30(22)28-19-29(32-4)27(21(3)31-28)20-33-25-16-11-17-26(18-25)34-24-14-8-7-9-15-24/h7-19H,5-6,20H2,1-4H3.